The fourth-order valence-corrected chi connectivity index (χ4v) is 1.00. The highest BCUT2D eigenvalue weighted by Gasteiger charge is 2.21. The summed E-state index contributed by atoms with van der Waals surface area (Å²) in [4.78, 5) is 23.2. The lowest BCUT2D eigenvalue weighted by Crippen LogP contribution is -2.42. The second-order valence-corrected chi connectivity index (χ2v) is 4.31. The molecule has 0 saturated carbocycles. The van der Waals surface area contributed by atoms with Gasteiger partial charge in [0, 0.05) is 0 Å². The number of rotatable bonds is 3. The third-order valence-corrected chi connectivity index (χ3v) is 1.51. The van der Waals surface area contributed by atoms with Crippen molar-refractivity contribution in [2.75, 3.05) is 0 Å². The number of alkyl carbamates (subject to hydrolysis) is 1. The zero-order valence-corrected chi connectivity index (χ0v) is 10.4. The number of carboxylic acids is 1. The topological polar surface area (TPSA) is 75.6 Å². The molecule has 0 aliphatic rings. The number of nitrogens with one attached hydrogen (secondary N) is 1. The van der Waals surface area contributed by atoms with Crippen LogP contribution in [0.1, 0.15) is 20.8 Å². The van der Waals surface area contributed by atoms with Crippen LogP contribution in [0.3, 0.4) is 0 Å². The Kier molecular flexibility index (Phi) is 5.35. The molecule has 0 aromatic rings. The van der Waals surface area contributed by atoms with Gasteiger partial charge in [-0.1, -0.05) is 15.9 Å². The van der Waals surface area contributed by atoms with Crippen molar-refractivity contribution >= 4 is 28.0 Å². The maximum Gasteiger partial charge on any atom is 0.408 e. The van der Waals surface area contributed by atoms with Gasteiger partial charge in [0.25, 0.3) is 0 Å². The third-order valence-electron chi connectivity index (χ3n) is 1.20. The molecule has 5 nitrogen and oxygen atoms in total. The van der Waals surface area contributed by atoms with Gasteiger partial charge in [0.1, 0.15) is 11.6 Å². The summed E-state index contributed by atoms with van der Waals surface area (Å²) in [5.41, 5.74) is -0.648. The van der Waals surface area contributed by atoms with E-state index in [1.165, 1.54) is 11.1 Å². The zero-order chi connectivity index (χ0) is 12.1. The van der Waals surface area contributed by atoms with Crippen LogP contribution in [0.15, 0.2) is 11.1 Å². The summed E-state index contributed by atoms with van der Waals surface area (Å²) < 4.78 is 4.90. The van der Waals surface area contributed by atoms with Crippen molar-refractivity contribution in [1.29, 1.82) is 0 Å². The molecular formula is C9H14BrNO4. The molecule has 0 saturated heterocycles. The van der Waals surface area contributed by atoms with E-state index >= 15 is 0 Å². The molecule has 0 fully saturated rings. The van der Waals surface area contributed by atoms with Gasteiger partial charge in [0.15, 0.2) is 0 Å². The molecule has 0 rings (SSSR count). The summed E-state index contributed by atoms with van der Waals surface area (Å²) in [6.07, 6.45) is 0.521. The van der Waals surface area contributed by atoms with Crippen molar-refractivity contribution in [3.8, 4) is 0 Å². The number of aliphatic carboxylic acids is 1. The van der Waals surface area contributed by atoms with Crippen LogP contribution in [0.4, 0.5) is 4.79 Å². The summed E-state index contributed by atoms with van der Waals surface area (Å²) >= 11 is 2.93. The number of carbonyl (C=O) groups excluding carboxylic acids is 1. The van der Waals surface area contributed by atoms with Crippen LogP contribution in [0.5, 0.6) is 0 Å². The first-order valence-corrected chi connectivity index (χ1v) is 5.17. The summed E-state index contributed by atoms with van der Waals surface area (Å²) in [7, 11) is 0. The maximum absolute atomic E-state index is 11.2. The lowest BCUT2D eigenvalue weighted by molar-refractivity contribution is -0.138. The molecule has 6 heteroatoms. The number of carboxylic acid groups (broad SMARTS) is 1. The highest BCUT2D eigenvalue weighted by Crippen LogP contribution is 2.07. The van der Waals surface area contributed by atoms with Crippen molar-refractivity contribution < 1.29 is 19.4 Å². The monoisotopic (exact) mass is 279 g/mol. The van der Waals surface area contributed by atoms with Gasteiger partial charge in [0.2, 0.25) is 0 Å². The summed E-state index contributed by atoms with van der Waals surface area (Å²) in [5, 5.41) is 10.9. The lowest BCUT2D eigenvalue weighted by atomic mass is 10.2. The van der Waals surface area contributed by atoms with Crippen molar-refractivity contribution in [2.45, 2.75) is 32.4 Å². The predicted octanol–water partition coefficient (Wildman–Crippen LogP) is 1.87. The molecule has 0 aliphatic carbocycles. The minimum Gasteiger partial charge on any atom is -0.479 e. The molecule has 86 valence electrons. The quantitative estimate of drug-likeness (QED) is 0.827. The Labute approximate surface area is 96.6 Å². The van der Waals surface area contributed by atoms with E-state index in [1.54, 1.807) is 20.8 Å². The number of amides is 1. The first-order valence-electron chi connectivity index (χ1n) is 4.25. The standard InChI is InChI=1S/C9H14BrNO4/c1-9(2,3)15-8(14)11-6(4-5-10)7(12)13/h4-6H,1-3H3,(H,11,14)(H,12,13)/t6-/m0/s1. The van der Waals surface area contributed by atoms with Crippen molar-refractivity contribution in [3.63, 3.8) is 0 Å². The van der Waals surface area contributed by atoms with Crippen molar-refractivity contribution in [1.82, 2.24) is 5.32 Å². The molecule has 1 amide bonds. The van der Waals surface area contributed by atoms with E-state index < -0.39 is 23.7 Å². The van der Waals surface area contributed by atoms with E-state index in [0.29, 0.717) is 0 Å². The van der Waals surface area contributed by atoms with Crippen molar-refractivity contribution in [3.05, 3.63) is 11.1 Å². The summed E-state index contributed by atoms with van der Waals surface area (Å²) in [5.74, 6) is -1.16. The molecular weight excluding hydrogens is 266 g/mol. The van der Waals surface area contributed by atoms with Crippen LogP contribution in [0.2, 0.25) is 0 Å². The molecule has 0 heterocycles. The van der Waals surface area contributed by atoms with Crippen LogP contribution in [0.25, 0.3) is 0 Å². The number of hydrogen-bond acceptors (Lipinski definition) is 3. The molecule has 0 radical (unpaired) electrons. The number of hydrogen-bond donors (Lipinski definition) is 2. The molecule has 0 unspecified atom stereocenters. The van der Waals surface area contributed by atoms with Crippen molar-refractivity contribution in [2.24, 2.45) is 0 Å². The minimum atomic E-state index is -1.16. The van der Waals surface area contributed by atoms with Crippen LogP contribution >= 0.6 is 15.9 Å². The van der Waals surface area contributed by atoms with Crippen LogP contribution in [-0.2, 0) is 9.53 Å². The SMILES string of the molecule is CC(C)(C)OC(=O)N[C@@H](C=CBr)C(=O)O. The second-order valence-electron chi connectivity index (χ2n) is 3.78. The smallest absolute Gasteiger partial charge is 0.408 e. The van der Waals surface area contributed by atoms with Crippen LogP contribution in [-0.4, -0.2) is 28.8 Å². The van der Waals surface area contributed by atoms with Gasteiger partial charge in [-0.05, 0) is 31.8 Å². The largest absolute Gasteiger partial charge is 0.479 e. The van der Waals surface area contributed by atoms with E-state index in [1.807, 2.05) is 0 Å². The Morgan fingerprint density at radius 3 is 2.33 bits per heavy atom. The number of halogens is 1. The van der Waals surface area contributed by atoms with E-state index in [2.05, 4.69) is 21.2 Å². The summed E-state index contributed by atoms with van der Waals surface area (Å²) in [6, 6.07) is -1.10. The van der Waals surface area contributed by atoms with Gasteiger partial charge in [-0.2, -0.15) is 0 Å². The van der Waals surface area contributed by atoms with Gasteiger partial charge < -0.3 is 15.2 Å². The van der Waals surface area contributed by atoms with Crippen LogP contribution < -0.4 is 5.32 Å². The zero-order valence-electron chi connectivity index (χ0n) is 8.78. The Bertz CT molecular complexity index is 270. The van der Waals surface area contributed by atoms with Crippen LogP contribution in [0, 0.1) is 0 Å². The number of ether oxygens (including phenoxy) is 1. The summed E-state index contributed by atoms with van der Waals surface area (Å²) in [6.45, 7) is 5.09. The second kappa shape index (κ2) is 5.75. The van der Waals surface area contributed by atoms with E-state index in [-0.39, 0.29) is 0 Å². The average Bonchev–Trinajstić information content (AvgIpc) is 1.99. The van der Waals surface area contributed by atoms with Gasteiger partial charge in [-0.15, -0.1) is 0 Å². The Balaban J connectivity index is 4.30. The fraction of sp³-hybridized carbons (Fsp3) is 0.556. The van der Waals surface area contributed by atoms with E-state index in [9.17, 15) is 9.59 Å². The molecule has 0 bridgehead atoms. The first kappa shape index (κ1) is 14.0. The fourth-order valence-electron chi connectivity index (χ4n) is 0.699. The van der Waals surface area contributed by atoms with E-state index in [4.69, 9.17) is 9.84 Å². The molecule has 2 N–H and O–H groups in total. The van der Waals surface area contributed by atoms with Gasteiger partial charge >= 0.3 is 12.1 Å². The lowest BCUT2D eigenvalue weighted by Gasteiger charge is -2.20. The van der Waals surface area contributed by atoms with E-state index in [0.717, 1.165) is 0 Å². The Hall–Kier alpha value is -1.04. The Morgan fingerprint density at radius 2 is 2.00 bits per heavy atom. The molecule has 0 aromatic carbocycles. The molecule has 15 heavy (non-hydrogen) atoms. The van der Waals surface area contributed by atoms with Gasteiger partial charge in [-0.3, -0.25) is 0 Å². The molecule has 0 aromatic heterocycles. The molecule has 1 atom stereocenters. The van der Waals surface area contributed by atoms with Gasteiger partial charge in [0.05, 0.1) is 0 Å². The minimum absolute atomic E-state index is 0.648. The molecule has 0 spiro atoms. The number of carbonyl (C=O) groups is 2. The Morgan fingerprint density at radius 1 is 1.47 bits per heavy atom. The first-order chi connectivity index (χ1) is 6.76. The highest BCUT2D eigenvalue weighted by atomic mass is 79.9. The molecule has 0 aliphatic heterocycles. The maximum atomic E-state index is 11.2. The predicted molar refractivity (Wildman–Crippen MR) is 58.9 cm³/mol. The highest BCUT2D eigenvalue weighted by molar-refractivity contribution is 9.11. The average molecular weight is 280 g/mol. The van der Waals surface area contributed by atoms with Gasteiger partial charge in [-0.25, -0.2) is 9.59 Å². The normalized spacial score (nSPS) is 13.6. The third kappa shape index (κ3) is 6.96.